The van der Waals surface area contributed by atoms with Crippen molar-refractivity contribution in [2.24, 2.45) is 5.92 Å². The number of ether oxygens (including phenoxy) is 2. The first-order valence-corrected chi connectivity index (χ1v) is 19.9. The number of piperazine rings is 1. The fourth-order valence-corrected chi connectivity index (χ4v) is 8.24. The number of piperidine rings is 2. The molecule has 3 aliphatic rings. The van der Waals surface area contributed by atoms with Crippen LogP contribution >= 0.6 is 23.2 Å². The van der Waals surface area contributed by atoms with Crippen molar-refractivity contribution in [1.82, 2.24) is 20.2 Å². The summed E-state index contributed by atoms with van der Waals surface area (Å²) in [5, 5.41) is 8.79. The lowest BCUT2D eigenvalue weighted by Gasteiger charge is -2.40. The maximum Gasteiger partial charge on any atom is 0.327 e. The minimum absolute atomic E-state index is 0.142. The number of carbonyl (C=O) groups is 3. The number of anilines is 6. The normalized spacial score (nSPS) is 17.9. The Balaban J connectivity index is 0.858. The van der Waals surface area contributed by atoms with Gasteiger partial charge in [-0.15, -0.1) is 0 Å². The van der Waals surface area contributed by atoms with E-state index in [0.717, 1.165) is 69.9 Å². The van der Waals surface area contributed by atoms with Crippen molar-refractivity contribution in [1.29, 1.82) is 0 Å². The maximum atomic E-state index is 13.2. The zero-order valence-corrected chi connectivity index (χ0v) is 33.8. The lowest BCUT2D eigenvalue weighted by Crippen LogP contribution is -2.49. The third kappa shape index (κ3) is 9.30. The number of imide groups is 1. The van der Waals surface area contributed by atoms with Crippen molar-refractivity contribution in [3.63, 3.8) is 0 Å². The summed E-state index contributed by atoms with van der Waals surface area (Å²) in [4.78, 5) is 54.5. The summed E-state index contributed by atoms with van der Waals surface area (Å²) in [6.07, 6.45) is 4.66. The Morgan fingerprint density at radius 1 is 0.842 bits per heavy atom. The van der Waals surface area contributed by atoms with Crippen LogP contribution in [0.15, 0.2) is 67.0 Å². The van der Waals surface area contributed by atoms with Crippen LogP contribution in [0.5, 0.6) is 11.5 Å². The molecule has 1 aromatic heterocycles. The molecule has 4 amide bonds. The SMILES string of the molecule is COc1cc(OC)c(Cl)c(NC(=O)N(C)c2cc(Nc3ccc(N4CCN(CC5CCN(c6ccc(C7CCC(=O)NC7=O)cc6)CC5)CC4)cc3)ncn2)c1Cl. The molecule has 0 bridgehead atoms. The number of nitrogens with zero attached hydrogens (tertiary/aromatic N) is 6. The van der Waals surface area contributed by atoms with Crippen LogP contribution in [0, 0.1) is 5.92 Å². The summed E-state index contributed by atoms with van der Waals surface area (Å²) >= 11 is 12.9. The first-order valence-electron chi connectivity index (χ1n) is 19.1. The fourth-order valence-electron chi connectivity index (χ4n) is 7.65. The van der Waals surface area contributed by atoms with E-state index >= 15 is 0 Å². The second-order valence-electron chi connectivity index (χ2n) is 14.5. The average molecular weight is 817 g/mol. The van der Waals surface area contributed by atoms with Gasteiger partial charge in [-0.1, -0.05) is 35.3 Å². The smallest absolute Gasteiger partial charge is 0.327 e. The quantitative estimate of drug-likeness (QED) is 0.138. The summed E-state index contributed by atoms with van der Waals surface area (Å²) in [6.45, 7) is 7.15. The molecule has 3 fully saturated rings. The van der Waals surface area contributed by atoms with Crippen LogP contribution in [0.25, 0.3) is 0 Å². The zero-order valence-electron chi connectivity index (χ0n) is 32.3. The highest BCUT2D eigenvalue weighted by atomic mass is 35.5. The molecule has 3 aromatic carbocycles. The number of amides is 4. The number of benzene rings is 3. The molecule has 4 heterocycles. The summed E-state index contributed by atoms with van der Waals surface area (Å²) in [5.41, 5.74) is 4.35. The van der Waals surface area contributed by atoms with Crippen molar-refractivity contribution in [3.8, 4) is 11.5 Å². The number of methoxy groups -OCH3 is 2. The van der Waals surface area contributed by atoms with E-state index in [0.29, 0.717) is 41.9 Å². The van der Waals surface area contributed by atoms with Crippen LogP contribution in [0.1, 0.15) is 37.2 Å². The number of hydrogen-bond acceptors (Lipinski definition) is 11. The van der Waals surface area contributed by atoms with Crippen LogP contribution in [0.3, 0.4) is 0 Å². The average Bonchev–Trinajstić information content (AvgIpc) is 3.23. The maximum absolute atomic E-state index is 13.2. The first-order chi connectivity index (χ1) is 27.6. The molecule has 1 unspecified atom stereocenters. The minimum Gasteiger partial charge on any atom is -0.495 e. The van der Waals surface area contributed by atoms with Gasteiger partial charge in [-0.3, -0.25) is 24.7 Å². The van der Waals surface area contributed by atoms with Gasteiger partial charge in [0.25, 0.3) is 0 Å². The number of aromatic nitrogens is 2. The first kappa shape index (κ1) is 39.9. The third-order valence-corrected chi connectivity index (χ3v) is 11.8. The Labute approximate surface area is 342 Å². The molecular formula is C41H47Cl2N9O5. The summed E-state index contributed by atoms with van der Waals surface area (Å²) in [6, 6.07) is 19.3. The van der Waals surface area contributed by atoms with Gasteiger partial charge in [0.05, 0.1) is 25.8 Å². The van der Waals surface area contributed by atoms with Crippen molar-refractivity contribution in [2.45, 2.75) is 31.6 Å². The van der Waals surface area contributed by atoms with Crippen molar-refractivity contribution in [3.05, 3.63) is 82.6 Å². The largest absolute Gasteiger partial charge is 0.495 e. The van der Waals surface area contributed by atoms with Crippen LogP contribution in [0.2, 0.25) is 10.0 Å². The van der Waals surface area contributed by atoms with Crippen molar-refractivity contribution >= 4 is 75.4 Å². The van der Waals surface area contributed by atoms with Crippen molar-refractivity contribution in [2.75, 3.05) is 92.4 Å². The van der Waals surface area contributed by atoms with Crippen LogP contribution in [-0.4, -0.2) is 99.8 Å². The molecule has 300 valence electrons. The van der Waals surface area contributed by atoms with Crippen LogP contribution in [0.4, 0.5) is 39.2 Å². The molecule has 3 N–H and O–H groups in total. The van der Waals surface area contributed by atoms with E-state index in [1.807, 2.05) is 24.3 Å². The summed E-state index contributed by atoms with van der Waals surface area (Å²) in [7, 11) is 4.50. The van der Waals surface area contributed by atoms with E-state index in [2.05, 4.69) is 64.9 Å². The summed E-state index contributed by atoms with van der Waals surface area (Å²) < 4.78 is 10.6. The Kier molecular flexibility index (Phi) is 12.5. The predicted octanol–water partition coefficient (Wildman–Crippen LogP) is 6.77. The van der Waals surface area contributed by atoms with Gasteiger partial charge in [-0.05, 0) is 67.1 Å². The number of halogens is 2. The van der Waals surface area contributed by atoms with Gasteiger partial charge in [-0.2, -0.15) is 0 Å². The number of urea groups is 1. The number of nitrogens with one attached hydrogen (secondary N) is 3. The van der Waals surface area contributed by atoms with E-state index in [-0.39, 0.29) is 33.5 Å². The molecule has 0 radical (unpaired) electrons. The monoisotopic (exact) mass is 815 g/mol. The second-order valence-corrected chi connectivity index (χ2v) is 15.3. The molecule has 14 nitrogen and oxygen atoms in total. The molecule has 4 aromatic rings. The highest BCUT2D eigenvalue weighted by molar-refractivity contribution is 6.41. The Hall–Kier alpha value is -5.31. The molecule has 7 rings (SSSR count). The van der Waals surface area contributed by atoms with E-state index in [4.69, 9.17) is 32.7 Å². The van der Waals surface area contributed by atoms with Gasteiger partial charge in [-0.25, -0.2) is 14.8 Å². The van der Waals surface area contributed by atoms with Crippen molar-refractivity contribution < 1.29 is 23.9 Å². The van der Waals surface area contributed by atoms with Gasteiger partial charge in [0.1, 0.15) is 39.5 Å². The molecule has 1 atom stereocenters. The molecular weight excluding hydrogens is 769 g/mol. The molecule has 0 spiro atoms. The van der Waals surface area contributed by atoms with E-state index in [1.54, 1.807) is 19.2 Å². The van der Waals surface area contributed by atoms with E-state index in [9.17, 15) is 14.4 Å². The Bertz CT molecular complexity index is 2040. The number of rotatable bonds is 11. The number of hydrogen-bond donors (Lipinski definition) is 3. The second kappa shape index (κ2) is 17.9. The molecule has 57 heavy (non-hydrogen) atoms. The Morgan fingerprint density at radius 2 is 1.46 bits per heavy atom. The van der Waals surface area contributed by atoms with Gasteiger partial charge < -0.3 is 29.9 Å². The molecule has 3 aliphatic heterocycles. The molecule has 0 saturated carbocycles. The van der Waals surface area contributed by atoms with Gasteiger partial charge in [0.15, 0.2) is 0 Å². The Morgan fingerprint density at radius 3 is 2.07 bits per heavy atom. The third-order valence-electron chi connectivity index (χ3n) is 11.0. The zero-order chi connectivity index (χ0) is 40.1. The van der Waals surface area contributed by atoms with Gasteiger partial charge >= 0.3 is 6.03 Å². The highest BCUT2D eigenvalue weighted by Gasteiger charge is 2.29. The molecule has 16 heteroatoms. The van der Waals surface area contributed by atoms with E-state index < -0.39 is 6.03 Å². The summed E-state index contributed by atoms with van der Waals surface area (Å²) in [5.74, 6) is 1.53. The lowest BCUT2D eigenvalue weighted by atomic mass is 9.90. The molecule has 0 aliphatic carbocycles. The van der Waals surface area contributed by atoms with Crippen LogP contribution < -0.4 is 40.1 Å². The van der Waals surface area contributed by atoms with Crippen LogP contribution in [-0.2, 0) is 9.59 Å². The minimum atomic E-state index is -0.527. The predicted molar refractivity (Wildman–Crippen MR) is 224 cm³/mol. The molecule has 3 saturated heterocycles. The topological polar surface area (TPSA) is 144 Å². The highest BCUT2D eigenvalue weighted by Crippen LogP contribution is 2.44. The van der Waals surface area contributed by atoms with Gasteiger partial charge in [0.2, 0.25) is 11.8 Å². The van der Waals surface area contributed by atoms with E-state index in [1.165, 1.54) is 36.8 Å². The number of carbonyl (C=O) groups excluding carboxylic acids is 3. The lowest BCUT2D eigenvalue weighted by molar-refractivity contribution is -0.134. The standard InChI is InChI=1S/C41H47Cl2N9O5/c1-49(41(55)48-39-37(42)32(56-2)22-33(57-3)38(39)43)35-23-34(44-25-45-35)46-28-6-10-30(11-7-28)52-20-18-50(19-21-52)24-26-14-16-51(17-15-26)29-8-4-27(5-9-29)31-12-13-36(53)47-40(31)54/h4-11,22-23,25-26,31H,12-21,24H2,1-3H3,(H,48,55)(H,44,45,46)(H,47,53,54). The fraction of sp³-hybridized carbons (Fsp3) is 0.390. The van der Waals surface area contributed by atoms with Gasteiger partial charge in [0, 0.05) is 88.5 Å².